The summed E-state index contributed by atoms with van der Waals surface area (Å²) in [6.07, 6.45) is 4.32. The van der Waals surface area contributed by atoms with Gasteiger partial charge in [0.25, 0.3) is 0 Å². The quantitative estimate of drug-likeness (QED) is 0.753. The minimum absolute atomic E-state index is 0.141. The Kier molecular flexibility index (Phi) is 6.24. The number of hydrogen-bond acceptors (Lipinski definition) is 3. The van der Waals surface area contributed by atoms with Crippen LogP contribution in [0.2, 0.25) is 0 Å². The van der Waals surface area contributed by atoms with Crippen molar-refractivity contribution >= 4 is 11.8 Å². The fraction of sp³-hybridized carbons (Fsp3) is 0.882. The fourth-order valence-corrected chi connectivity index (χ4v) is 3.58. The SMILES string of the molecule is COCC1CCN(C(=O)C(CC(C)C)N2CCCCC2=O)C1. The van der Waals surface area contributed by atoms with Gasteiger partial charge >= 0.3 is 0 Å². The molecule has 2 heterocycles. The standard InChI is InChI=1S/C17H30N2O3/c1-13(2)10-15(19-8-5-4-6-16(19)20)17(21)18-9-7-14(11-18)12-22-3/h13-15H,4-12H2,1-3H3. The molecular weight excluding hydrogens is 280 g/mol. The molecule has 0 aromatic heterocycles. The molecule has 2 saturated heterocycles. The Bertz CT molecular complexity index is 397. The van der Waals surface area contributed by atoms with Crippen LogP contribution < -0.4 is 0 Å². The maximum Gasteiger partial charge on any atom is 0.245 e. The van der Waals surface area contributed by atoms with Crippen molar-refractivity contribution in [3.8, 4) is 0 Å². The van der Waals surface area contributed by atoms with Gasteiger partial charge in [0.05, 0.1) is 6.61 Å². The van der Waals surface area contributed by atoms with E-state index < -0.39 is 0 Å². The summed E-state index contributed by atoms with van der Waals surface area (Å²) >= 11 is 0. The lowest BCUT2D eigenvalue weighted by molar-refractivity contribution is -0.147. The molecule has 2 aliphatic heterocycles. The summed E-state index contributed by atoms with van der Waals surface area (Å²) in [5, 5.41) is 0. The van der Waals surface area contributed by atoms with E-state index in [4.69, 9.17) is 4.74 Å². The van der Waals surface area contributed by atoms with Crippen LogP contribution in [0.4, 0.5) is 0 Å². The molecule has 2 aliphatic rings. The zero-order chi connectivity index (χ0) is 16.1. The number of hydrogen-bond donors (Lipinski definition) is 0. The highest BCUT2D eigenvalue weighted by Gasteiger charge is 2.36. The molecule has 5 heteroatoms. The molecule has 2 rings (SSSR count). The monoisotopic (exact) mass is 310 g/mol. The molecule has 0 saturated carbocycles. The van der Waals surface area contributed by atoms with Gasteiger partial charge in [0.15, 0.2) is 0 Å². The molecule has 0 aromatic carbocycles. The van der Waals surface area contributed by atoms with Crippen molar-refractivity contribution < 1.29 is 14.3 Å². The van der Waals surface area contributed by atoms with Crippen LogP contribution >= 0.6 is 0 Å². The van der Waals surface area contributed by atoms with E-state index in [0.29, 0.717) is 24.9 Å². The van der Waals surface area contributed by atoms with Crippen molar-refractivity contribution in [3.63, 3.8) is 0 Å². The van der Waals surface area contributed by atoms with Crippen LogP contribution in [0, 0.1) is 11.8 Å². The first-order valence-corrected chi connectivity index (χ1v) is 8.60. The first-order chi connectivity index (χ1) is 10.5. The van der Waals surface area contributed by atoms with E-state index in [1.165, 1.54) is 0 Å². The van der Waals surface area contributed by atoms with Gasteiger partial charge in [-0.1, -0.05) is 13.8 Å². The first kappa shape index (κ1) is 17.3. The Morgan fingerprint density at radius 1 is 1.32 bits per heavy atom. The summed E-state index contributed by atoms with van der Waals surface area (Å²) in [7, 11) is 1.71. The van der Waals surface area contributed by atoms with Crippen LogP contribution in [0.5, 0.6) is 0 Å². The molecule has 2 amide bonds. The number of amides is 2. The Morgan fingerprint density at radius 3 is 2.73 bits per heavy atom. The van der Waals surface area contributed by atoms with E-state index in [2.05, 4.69) is 13.8 Å². The van der Waals surface area contributed by atoms with Crippen molar-refractivity contribution in [2.45, 2.75) is 52.0 Å². The number of carbonyl (C=O) groups is 2. The lowest BCUT2D eigenvalue weighted by atomic mass is 9.98. The highest BCUT2D eigenvalue weighted by atomic mass is 16.5. The largest absolute Gasteiger partial charge is 0.384 e. The van der Waals surface area contributed by atoms with Crippen LogP contribution in [-0.4, -0.2) is 61.0 Å². The zero-order valence-corrected chi connectivity index (χ0v) is 14.2. The Labute approximate surface area is 134 Å². The summed E-state index contributed by atoms with van der Waals surface area (Å²) in [5.74, 6) is 1.13. The lowest BCUT2D eigenvalue weighted by Gasteiger charge is -2.36. The predicted molar refractivity (Wildman–Crippen MR) is 85.4 cm³/mol. The maximum atomic E-state index is 13.0. The molecule has 2 fully saturated rings. The van der Waals surface area contributed by atoms with Crippen molar-refractivity contribution in [3.05, 3.63) is 0 Å². The summed E-state index contributed by atoms with van der Waals surface area (Å²) in [4.78, 5) is 29.0. The summed E-state index contributed by atoms with van der Waals surface area (Å²) < 4.78 is 5.21. The molecule has 0 N–H and O–H groups in total. The second-order valence-corrected chi connectivity index (χ2v) is 7.08. The van der Waals surface area contributed by atoms with Gasteiger partial charge in [-0.2, -0.15) is 0 Å². The Balaban J connectivity index is 2.04. The van der Waals surface area contributed by atoms with E-state index in [9.17, 15) is 9.59 Å². The number of rotatable bonds is 6. The van der Waals surface area contributed by atoms with Crippen molar-refractivity contribution in [2.24, 2.45) is 11.8 Å². The molecule has 0 spiro atoms. The van der Waals surface area contributed by atoms with Crippen LogP contribution in [-0.2, 0) is 14.3 Å². The van der Waals surface area contributed by atoms with E-state index >= 15 is 0 Å². The van der Waals surface area contributed by atoms with Crippen molar-refractivity contribution in [1.82, 2.24) is 9.80 Å². The number of carbonyl (C=O) groups excluding carboxylic acids is 2. The second-order valence-electron chi connectivity index (χ2n) is 7.08. The molecule has 22 heavy (non-hydrogen) atoms. The van der Waals surface area contributed by atoms with Gasteiger partial charge in [-0.3, -0.25) is 9.59 Å². The third-order valence-corrected chi connectivity index (χ3v) is 4.72. The van der Waals surface area contributed by atoms with Gasteiger partial charge < -0.3 is 14.5 Å². The third kappa shape index (κ3) is 4.22. The summed E-state index contributed by atoms with van der Waals surface area (Å²) in [6, 6.07) is -0.269. The average Bonchev–Trinajstić information content (AvgIpc) is 2.94. The van der Waals surface area contributed by atoms with Gasteiger partial charge in [-0.15, -0.1) is 0 Å². The number of ether oxygens (including phenoxy) is 1. The number of likely N-dealkylation sites (tertiary alicyclic amines) is 2. The first-order valence-electron chi connectivity index (χ1n) is 8.60. The summed E-state index contributed by atoms with van der Waals surface area (Å²) in [5.41, 5.74) is 0. The molecule has 0 aromatic rings. The third-order valence-electron chi connectivity index (χ3n) is 4.72. The van der Waals surface area contributed by atoms with Crippen molar-refractivity contribution in [1.29, 1.82) is 0 Å². The topological polar surface area (TPSA) is 49.9 Å². The molecule has 5 nitrogen and oxygen atoms in total. The van der Waals surface area contributed by atoms with Gasteiger partial charge in [0.2, 0.25) is 11.8 Å². The zero-order valence-electron chi connectivity index (χ0n) is 14.2. The Morgan fingerprint density at radius 2 is 2.09 bits per heavy atom. The van der Waals surface area contributed by atoms with Crippen molar-refractivity contribution in [2.75, 3.05) is 33.4 Å². The van der Waals surface area contributed by atoms with Gasteiger partial charge in [0.1, 0.15) is 6.04 Å². The molecule has 2 atom stereocenters. The van der Waals surface area contributed by atoms with E-state index in [0.717, 1.165) is 45.3 Å². The van der Waals surface area contributed by atoms with E-state index in [1.54, 1.807) is 7.11 Å². The highest BCUT2D eigenvalue weighted by Crippen LogP contribution is 2.24. The number of piperidine rings is 1. The second kappa shape index (κ2) is 7.95. The van der Waals surface area contributed by atoms with Gasteiger partial charge in [-0.05, 0) is 31.6 Å². The normalized spacial score (nSPS) is 24.2. The number of methoxy groups -OCH3 is 1. The van der Waals surface area contributed by atoms with Gasteiger partial charge in [0, 0.05) is 39.1 Å². The van der Waals surface area contributed by atoms with Crippen LogP contribution in [0.3, 0.4) is 0 Å². The van der Waals surface area contributed by atoms with E-state index in [1.807, 2.05) is 9.80 Å². The van der Waals surface area contributed by atoms with E-state index in [-0.39, 0.29) is 17.9 Å². The predicted octanol–water partition coefficient (Wildman–Crippen LogP) is 1.91. The minimum Gasteiger partial charge on any atom is -0.384 e. The molecular formula is C17H30N2O3. The average molecular weight is 310 g/mol. The number of nitrogens with zero attached hydrogens (tertiary/aromatic N) is 2. The van der Waals surface area contributed by atoms with Crippen LogP contribution in [0.1, 0.15) is 46.0 Å². The molecule has 0 bridgehead atoms. The van der Waals surface area contributed by atoms with Crippen LogP contribution in [0.25, 0.3) is 0 Å². The molecule has 0 aliphatic carbocycles. The molecule has 2 unspecified atom stereocenters. The summed E-state index contributed by atoms with van der Waals surface area (Å²) in [6.45, 7) is 7.24. The smallest absolute Gasteiger partial charge is 0.245 e. The molecule has 0 radical (unpaired) electrons. The minimum atomic E-state index is -0.269. The maximum absolute atomic E-state index is 13.0. The Hall–Kier alpha value is -1.10. The van der Waals surface area contributed by atoms with Gasteiger partial charge in [-0.25, -0.2) is 0 Å². The molecule has 126 valence electrons. The fourth-order valence-electron chi connectivity index (χ4n) is 3.58. The highest BCUT2D eigenvalue weighted by molar-refractivity contribution is 5.88. The lowest BCUT2D eigenvalue weighted by Crippen LogP contribution is -2.52. The van der Waals surface area contributed by atoms with Crippen LogP contribution in [0.15, 0.2) is 0 Å².